The maximum Gasteiger partial charge on any atom is 0.259 e. The molecular formula is C20H15ClN4OS. The van der Waals surface area contributed by atoms with Crippen LogP contribution in [0.3, 0.4) is 0 Å². The van der Waals surface area contributed by atoms with Crippen LogP contribution in [0.1, 0.15) is 30.4 Å². The van der Waals surface area contributed by atoms with Gasteiger partial charge >= 0.3 is 0 Å². The molecule has 27 heavy (non-hydrogen) atoms. The van der Waals surface area contributed by atoms with E-state index in [2.05, 4.69) is 16.2 Å². The Kier molecular flexibility index (Phi) is 4.30. The molecule has 4 aromatic rings. The minimum Gasteiger partial charge on any atom is -0.334 e. The third kappa shape index (κ3) is 3.42. The zero-order valence-corrected chi connectivity index (χ0v) is 15.9. The number of hydrogen-bond acceptors (Lipinski definition) is 6. The molecule has 0 aliphatic heterocycles. The minimum absolute atomic E-state index is 0.433. The van der Waals surface area contributed by atoms with Crippen molar-refractivity contribution in [1.29, 1.82) is 0 Å². The number of rotatable bonds is 5. The van der Waals surface area contributed by atoms with Crippen molar-refractivity contribution in [2.45, 2.75) is 29.5 Å². The van der Waals surface area contributed by atoms with Crippen LogP contribution in [-0.4, -0.2) is 20.1 Å². The second-order valence-electron chi connectivity index (χ2n) is 6.46. The van der Waals surface area contributed by atoms with Crippen LogP contribution in [0.15, 0.2) is 58.1 Å². The first kappa shape index (κ1) is 16.7. The monoisotopic (exact) mass is 394 g/mol. The summed E-state index contributed by atoms with van der Waals surface area (Å²) in [6.07, 6.45) is 2.35. The predicted molar refractivity (Wildman–Crippen MR) is 106 cm³/mol. The van der Waals surface area contributed by atoms with Gasteiger partial charge in [0.2, 0.25) is 0 Å². The van der Waals surface area contributed by atoms with E-state index in [1.165, 1.54) is 12.8 Å². The van der Waals surface area contributed by atoms with Gasteiger partial charge in [-0.25, -0.2) is 9.97 Å². The smallest absolute Gasteiger partial charge is 0.259 e. The Bertz CT molecular complexity index is 1130. The minimum atomic E-state index is 0.433. The SMILES string of the molecule is Clc1ccccc1-c1nc(CSc2nc(C3CC3)nc3ccccc23)no1. The van der Waals surface area contributed by atoms with Crippen LogP contribution in [0.5, 0.6) is 0 Å². The van der Waals surface area contributed by atoms with Gasteiger partial charge in [0.15, 0.2) is 5.82 Å². The first-order valence-corrected chi connectivity index (χ1v) is 10.1. The normalized spacial score (nSPS) is 14.0. The Hall–Kier alpha value is -2.44. The lowest BCUT2D eigenvalue weighted by atomic mass is 10.2. The Morgan fingerprint density at radius 3 is 2.67 bits per heavy atom. The van der Waals surface area contributed by atoms with Crippen LogP contribution in [0.2, 0.25) is 5.02 Å². The molecule has 2 aromatic carbocycles. The van der Waals surface area contributed by atoms with Crippen LogP contribution in [0.4, 0.5) is 0 Å². The van der Waals surface area contributed by atoms with E-state index in [-0.39, 0.29) is 0 Å². The number of thioether (sulfide) groups is 1. The lowest BCUT2D eigenvalue weighted by molar-refractivity contribution is 0.425. The molecule has 1 aliphatic rings. The number of nitrogens with zero attached hydrogens (tertiary/aromatic N) is 4. The maximum atomic E-state index is 6.21. The highest BCUT2D eigenvalue weighted by Crippen LogP contribution is 2.40. The fourth-order valence-electron chi connectivity index (χ4n) is 2.89. The topological polar surface area (TPSA) is 64.7 Å². The average molecular weight is 395 g/mol. The first-order chi connectivity index (χ1) is 13.3. The van der Waals surface area contributed by atoms with E-state index in [1.807, 2.05) is 42.5 Å². The summed E-state index contributed by atoms with van der Waals surface area (Å²) < 4.78 is 5.39. The summed E-state index contributed by atoms with van der Waals surface area (Å²) in [6, 6.07) is 15.6. The third-order valence-electron chi connectivity index (χ3n) is 4.44. The predicted octanol–water partition coefficient (Wildman–Crippen LogP) is 5.50. The highest BCUT2D eigenvalue weighted by atomic mass is 35.5. The van der Waals surface area contributed by atoms with E-state index in [0.717, 1.165) is 27.3 Å². The number of halogens is 1. The van der Waals surface area contributed by atoms with E-state index in [0.29, 0.717) is 28.4 Å². The Balaban J connectivity index is 1.41. The summed E-state index contributed by atoms with van der Waals surface area (Å²) in [5, 5.41) is 6.71. The molecule has 2 heterocycles. The molecule has 0 radical (unpaired) electrons. The van der Waals surface area contributed by atoms with Gasteiger partial charge in [-0.1, -0.05) is 58.9 Å². The average Bonchev–Trinajstić information content (AvgIpc) is 3.45. The van der Waals surface area contributed by atoms with Crippen molar-refractivity contribution >= 4 is 34.3 Å². The molecule has 0 N–H and O–H groups in total. The Labute approximate surface area is 165 Å². The summed E-state index contributed by atoms with van der Waals surface area (Å²) in [7, 11) is 0. The van der Waals surface area contributed by atoms with Crippen LogP contribution < -0.4 is 0 Å². The molecule has 0 unspecified atom stereocenters. The number of benzene rings is 2. The third-order valence-corrected chi connectivity index (χ3v) is 5.76. The summed E-state index contributed by atoms with van der Waals surface area (Å²) in [5.74, 6) is 3.07. The van der Waals surface area contributed by atoms with Crippen LogP contribution in [0, 0.1) is 0 Å². The van der Waals surface area contributed by atoms with Gasteiger partial charge in [0.05, 0.1) is 21.9 Å². The van der Waals surface area contributed by atoms with E-state index in [9.17, 15) is 0 Å². The molecule has 1 fully saturated rings. The van der Waals surface area contributed by atoms with E-state index in [1.54, 1.807) is 11.8 Å². The van der Waals surface area contributed by atoms with E-state index >= 15 is 0 Å². The molecule has 0 bridgehead atoms. The van der Waals surface area contributed by atoms with Crippen LogP contribution in [0.25, 0.3) is 22.4 Å². The van der Waals surface area contributed by atoms with Crippen molar-refractivity contribution in [3.63, 3.8) is 0 Å². The molecule has 0 atom stereocenters. The fraction of sp³-hybridized carbons (Fsp3) is 0.200. The van der Waals surface area contributed by atoms with Crippen LogP contribution >= 0.6 is 23.4 Å². The molecule has 7 heteroatoms. The van der Waals surface area contributed by atoms with Gasteiger partial charge < -0.3 is 4.52 Å². The number of fused-ring (bicyclic) bond motifs is 1. The van der Waals surface area contributed by atoms with Crippen molar-refractivity contribution < 1.29 is 4.52 Å². The maximum absolute atomic E-state index is 6.21. The molecule has 134 valence electrons. The second-order valence-corrected chi connectivity index (χ2v) is 7.83. The van der Waals surface area contributed by atoms with Gasteiger partial charge in [-0.3, -0.25) is 0 Å². The molecule has 2 aromatic heterocycles. The van der Waals surface area contributed by atoms with Crippen molar-refractivity contribution in [3.05, 3.63) is 65.2 Å². The van der Waals surface area contributed by atoms with Gasteiger partial charge in [0.25, 0.3) is 5.89 Å². The molecule has 5 nitrogen and oxygen atoms in total. The molecule has 1 aliphatic carbocycles. The highest BCUT2D eigenvalue weighted by Gasteiger charge is 2.27. The zero-order valence-electron chi connectivity index (χ0n) is 14.3. The summed E-state index contributed by atoms with van der Waals surface area (Å²) in [4.78, 5) is 14.0. The first-order valence-electron chi connectivity index (χ1n) is 8.75. The van der Waals surface area contributed by atoms with Crippen molar-refractivity contribution in [3.8, 4) is 11.5 Å². The fourth-order valence-corrected chi connectivity index (χ4v) is 3.97. The summed E-state index contributed by atoms with van der Waals surface area (Å²) >= 11 is 7.82. The Morgan fingerprint density at radius 1 is 1.00 bits per heavy atom. The molecule has 0 saturated heterocycles. The lowest BCUT2D eigenvalue weighted by Gasteiger charge is -2.06. The summed E-state index contributed by atoms with van der Waals surface area (Å²) in [5.41, 5.74) is 1.73. The molecule has 5 rings (SSSR count). The van der Waals surface area contributed by atoms with E-state index in [4.69, 9.17) is 26.1 Å². The standard InChI is InChI=1S/C20H15ClN4OS/c21-15-7-3-1-5-13(15)19-23-17(25-26-19)11-27-20-14-6-2-4-8-16(14)22-18(24-20)12-9-10-12/h1-8,12H,9-11H2. The number of hydrogen-bond donors (Lipinski definition) is 0. The van der Waals surface area contributed by atoms with Gasteiger partial charge in [-0.15, -0.1) is 0 Å². The quantitative estimate of drug-likeness (QED) is 0.329. The number of para-hydroxylation sites is 1. The van der Waals surface area contributed by atoms with Crippen LogP contribution in [-0.2, 0) is 5.75 Å². The highest BCUT2D eigenvalue weighted by molar-refractivity contribution is 7.98. The molecule has 1 saturated carbocycles. The van der Waals surface area contributed by atoms with Gasteiger partial charge in [-0.05, 0) is 31.0 Å². The second kappa shape index (κ2) is 6.94. The lowest BCUT2D eigenvalue weighted by Crippen LogP contribution is -1.96. The van der Waals surface area contributed by atoms with Gasteiger partial charge in [0.1, 0.15) is 10.9 Å². The van der Waals surface area contributed by atoms with Crippen molar-refractivity contribution in [2.75, 3.05) is 0 Å². The van der Waals surface area contributed by atoms with Gasteiger partial charge in [0, 0.05) is 11.3 Å². The largest absolute Gasteiger partial charge is 0.334 e. The van der Waals surface area contributed by atoms with E-state index < -0.39 is 0 Å². The Morgan fingerprint density at radius 2 is 1.81 bits per heavy atom. The zero-order chi connectivity index (χ0) is 18.2. The molecular weight excluding hydrogens is 380 g/mol. The van der Waals surface area contributed by atoms with Crippen molar-refractivity contribution in [2.24, 2.45) is 0 Å². The number of aromatic nitrogens is 4. The summed E-state index contributed by atoms with van der Waals surface area (Å²) in [6.45, 7) is 0. The van der Waals surface area contributed by atoms with Gasteiger partial charge in [-0.2, -0.15) is 4.98 Å². The molecule has 0 spiro atoms. The molecule has 0 amide bonds. The van der Waals surface area contributed by atoms with Crippen molar-refractivity contribution in [1.82, 2.24) is 20.1 Å².